The van der Waals surface area contributed by atoms with Gasteiger partial charge in [-0.3, -0.25) is 0 Å². The number of aliphatic hydroxyl groups excluding tert-OH is 1. The minimum atomic E-state index is -0.205. The Kier molecular flexibility index (Phi) is 15.4. The van der Waals surface area contributed by atoms with Crippen molar-refractivity contribution in [1.82, 2.24) is 16.0 Å². The van der Waals surface area contributed by atoms with E-state index in [0.29, 0.717) is 12.5 Å². The summed E-state index contributed by atoms with van der Waals surface area (Å²) in [5.74, 6) is 1.22. The average Bonchev–Trinajstić information content (AvgIpc) is 2.64. The number of hydrogen-bond donors (Lipinski definition) is 5. The molecular weight excluding hydrogens is 481 g/mol. The van der Waals surface area contributed by atoms with Gasteiger partial charge in [0.05, 0.1) is 6.54 Å². The molecule has 2 amide bonds. The summed E-state index contributed by atoms with van der Waals surface area (Å²) in [6.45, 7) is 10.4. The lowest BCUT2D eigenvalue weighted by molar-refractivity contribution is 0.250. The normalized spacial score (nSPS) is 12.1. The molecule has 1 aromatic rings. The van der Waals surface area contributed by atoms with Crippen LogP contribution in [0, 0.1) is 5.92 Å². The van der Waals surface area contributed by atoms with Crippen LogP contribution in [0.1, 0.15) is 52.5 Å². The van der Waals surface area contributed by atoms with Crippen LogP contribution in [-0.4, -0.2) is 42.8 Å². The van der Waals surface area contributed by atoms with Crippen LogP contribution < -0.4 is 21.3 Å². The van der Waals surface area contributed by atoms with Crippen LogP contribution in [-0.2, 0) is 6.54 Å². The minimum absolute atomic E-state index is 0. The Morgan fingerprint density at radius 3 is 2.34 bits per heavy atom. The summed E-state index contributed by atoms with van der Waals surface area (Å²) >= 11 is 0. The van der Waals surface area contributed by atoms with E-state index in [1.54, 1.807) is 0 Å². The Labute approximate surface area is 192 Å². The van der Waals surface area contributed by atoms with E-state index >= 15 is 0 Å². The molecule has 29 heavy (non-hydrogen) atoms. The number of guanidine groups is 1. The number of nitrogens with zero attached hydrogens (tertiary/aromatic N) is 1. The second-order valence-electron chi connectivity index (χ2n) is 7.19. The van der Waals surface area contributed by atoms with Gasteiger partial charge in [0.15, 0.2) is 5.96 Å². The summed E-state index contributed by atoms with van der Waals surface area (Å²) in [5.41, 5.74) is 1.81. The van der Waals surface area contributed by atoms with Crippen molar-refractivity contribution in [3.05, 3.63) is 29.8 Å². The maximum Gasteiger partial charge on any atom is 0.319 e. The topological polar surface area (TPSA) is 97.8 Å². The fraction of sp³-hybridized carbons (Fsp3) is 0.619. The molecule has 1 unspecified atom stereocenters. The molecule has 1 rings (SSSR count). The Bertz CT molecular complexity index is 587. The number of carbonyl (C=O) groups is 1. The quantitative estimate of drug-likeness (QED) is 0.175. The van der Waals surface area contributed by atoms with Gasteiger partial charge < -0.3 is 26.4 Å². The standard InChI is InChI=1S/C21H37N5O2.HI/c1-5-7-17(12-13-27)14-23-20(22-6-2)24-15-18-8-10-19(11-9-18)26-21(28)25-16(3)4;/h8-11,16-17,27H,5-7,12-15H2,1-4H3,(H2,22,23,24)(H2,25,26,28);1H. The summed E-state index contributed by atoms with van der Waals surface area (Å²) in [4.78, 5) is 16.4. The largest absolute Gasteiger partial charge is 0.396 e. The molecule has 5 N–H and O–H groups in total. The number of anilines is 1. The second-order valence-corrected chi connectivity index (χ2v) is 7.19. The Morgan fingerprint density at radius 1 is 1.10 bits per heavy atom. The van der Waals surface area contributed by atoms with E-state index in [2.05, 4.69) is 33.2 Å². The maximum absolute atomic E-state index is 11.7. The minimum Gasteiger partial charge on any atom is -0.396 e. The molecule has 1 aromatic carbocycles. The highest BCUT2D eigenvalue weighted by Gasteiger charge is 2.08. The van der Waals surface area contributed by atoms with E-state index in [4.69, 9.17) is 0 Å². The molecular formula is C21H38IN5O2. The van der Waals surface area contributed by atoms with Crippen LogP contribution >= 0.6 is 24.0 Å². The van der Waals surface area contributed by atoms with Gasteiger partial charge in [-0.25, -0.2) is 9.79 Å². The molecule has 8 heteroatoms. The molecule has 0 radical (unpaired) electrons. The zero-order valence-electron chi connectivity index (χ0n) is 18.1. The second kappa shape index (κ2) is 16.3. The average molecular weight is 519 g/mol. The lowest BCUT2D eigenvalue weighted by Gasteiger charge is -2.18. The highest BCUT2D eigenvalue weighted by atomic mass is 127. The Hall–Kier alpha value is -1.55. The third-order valence-corrected chi connectivity index (χ3v) is 4.19. The van der Waals surface area contributed by atoms with Gasteiger partial charge in [0.2, 0.25) is 0 Å². The van der Waals surface area contributed by atoms with Gasteiger partial charge >= 0.3 is 6.03 Å². The molecule has 0 heterocycles. The number of amides is 2. The fourth-order valence-electron chi connectivity index (χ4n) is 2.82. The van der Waals surface area contributed by atoms with Gasteiger partial charge in [-0.05, 0) is 57.2 Å². The summed E-state index contributed by atoms with van der Waals surface area (Å²) < 4.78 is 0. The molecule has 0 saturated heterocycles. The van der Waals surface area contributed by atoms with Gasteiger partial charge in [-0.1, -0.05) is 25.5 Å². The van der Waals surface area contributed by atoms with E-state index < -0.39 is 0 Å². The summed E-state index contributed by atoms with van der Waals surface area (Å²) in [6.07, 6.45) is 3.00. The number of nitrogens with one attached hydrogen (secondary N) is 4. The summed E-state index contributed by atoms with van der Waals surface area (Å²) in [5, 5.41) is 21.4. The first-order valence-electron chi connectivity index (χ1n) is 10.3. The summed E-state index contributed by atoms with van der Waals surface area (Å²) in [6, 6.07) is 7.57. The predicted octanol–water partition coefficient (Wildman–Crippen LogP) is 3.69. The van der Waals surface area contributed by atoms with Crippen molar-refractivity contribution in [1.29, 1.82) is 0 Å². The molecule has 1 atom stereocenters. The monoisotopic (exact) mass is 519 g/mol. The van der Waals surface area contributed by atoms with Crippen molar-refractivity contribution < 1.29 is 9.90 Å². The van der Waals surface area contributed by atoms with Gasteiger partial charge in [-0.2, -0.15) is 0 Å². The zero-order chi connectivity index (χ0) is 20.8. The smallest absolute Gasteiger partial charge is 0.319 e. The van der Waals surface area contributed by atoms with Crippen molar-refractivity contribution in [3.63, 3.8) is 0 Å². The molecule has 0 aliphatic heterocycles. The number of carbonyl (C=O) groups excluding carboxylic acids is 1. The van der Waals surface area contributed by atoms with E-state index in [0.717, 1.165) is 49.6 Å². The highest BCUT2D eigenvalue weighted by molar-refractivity contribution is 14.0. The van der Waals surface area contributed by atoms with Gasteiger partial charge in [0.1, 0.15) is 0 Å². The predicted molar refractivity (Wildman–Crippen MR) is 132 cm³/mol. The van der Waals surface area contributed by atoms with Crippen molar-refractivity contribution in [3.8, 4) is 0 Å². The molecule has 0 aliphatic carbocycles. The van der Waals surface area contributed by atoms with Crippen molar-refractivity contribution in [2.24, 2.45) is 10.9 Å². The van der Waals surface area contributed by atoms with E-state index in [1.165, 1.54) is 0 Å². The number of hydrogen-bond acceptors (Lipinski definition) is 3. The van der Waals surface area contributed by atoms with Crippen LogP contribution in [0.4, 0.5) is 10.5 Å². The molecule has 0 bridgehead atoms. The first kappa shape index (κ1) is 27.5. The number of aliphatic hydroxyl groups is 1. The molecule has 0 saturated carbocycles. The van der Waals surface area contributed by atoms with E-state index in [9.17, 15) is 9.90 Å². The molecule has 7 nitrogen and oxygen atoms in total. The Morgan fingerprint density at radius 2 is 1.79 bits per heavy atom. The first-order chi connectivity index (χ1) is 13.5. The van der Waals surface area contributed by atoms with Gasteiger partial charge in [-0.15, -0.1) is 24.0 Å². The zero-order valence-corrected chi connectivity index (χ0v) is 20.5. The molecule has 0 spiro atoms. The van der Waals surface area contributed by atoms with Crippen molar-refractivity contribution in [2.45, 2.75) is 59.5 Å². The van der Waals surface area contributed by atoms with Gasteiger partial charge in [0, 0.05) is 31.4 Å². The molecule has 0 fully saturated rings. The number of halogens is 1. The number of benzene rings is 1. The molecule has 0 aliphatic rings. The first-order valence-corrected chi connectivity index (χ1v) is 10.3. The van der Waals surface area contributed by atoms with Crippen LogP contribution in [0.2, 0.25) is 0 Å². The van der Waals surface area contributed by atoms with E-state index in [-0.39, 0.29) is 42.7 Å². The van der Waals surface area contributed by atoms with Crippen molar-refractivity contribution >= 4 is 41.7 Å². The van der Waals surface area contributed by atoms with Crippen LogP contribution in [0.5, 0.6) is 0 Å². The SMILES string of the molecule is CCCC(CCO)CNC(=NCc1ccc(NC(=O)NC(C)C)cc1)NCC.I. The van der Waals surface area contributed by atoms with Crippen LogP contribution in [0.15, 0.2) is 29.3 Å². The number of rotatable bonds is 11. The van der Waals surface area contributed by atoms with Crippen molar-refractivity contribution in [2.75, 3.05) is 25.0 Å². The van der Waals surface area contributed by atoms with E-state index in [1.807, 2.05) is 45.0 Å². The Balaban J connectivity index is 0.00000784. The maximum atomic E-state index is 11.7. The lowest BCUT2D eigenvalue weighted by atomic mass is 10.0. The summed E-state index contributed by atoms with van der Waals surface area (Å²) in [7, 11) is 0. The third-order valence-electron chi connectivity index (χ3n) is 4.19. The van der Waals surface area contributed by atoms with Crippen LogP contribution in [0.25, 0.3) is 0 Å². The highest BCUT2D eigenvalue weighted by Crippen LogP contribution is 2.11. The molecule has 0 aromatic heterocycles. The number of aliphatic imine (C=N–C) groups is 1. The van der Waals surface area contributed by atoms with Crippen LogP contribution in [0.3, 0.4) is 0 Å². The van der Waals surface area contributed by atoms with Gasteiger partial charge in [0.25, 0.3) is 0 Å². The molecule has 166 valence electrons. The third kappa shape index (κ3) is 12.6. The fourth-order valence-corrected chi connectivity index (χ4v) is 2.82. The number of urea groups is 1. The lowest BCUT2D eigenvalue weighted by Crippen LogP contribution is -2.40.